The Hall–Kier alpha value is -0.900. The molecule has 1 heterocycles. The average molecular weight is 264 g/mol. The quantitative estimate of drug-likeness (QED) is 0.818. The zero-order chi connectivity index (χ0) is 12.5. The van der Waals surface area contributed by atoms with E-state index >= 15 is 0 Å². The monoisotopic (exact) mass is 264 g/mol. The van der Waals surface area contributed by atoms with Gasteiger partial charge in [0.25, 0.3) is 0 Å². The molecule has 0 saturated heterocycles. The Labute approximate surface area is 112 Å². The maximum atomic E-state index is 11.9. The van der Waals surface area contributed by atoms with Crippen LogP contribution in [0.3, 0.4) is 0 Å². The van der Waals surface area contributed by atoms with Crippen LogP contribution in [0.2, 0.25) is 0 Å². The number of hydrogen-bond acceptors (Lipinski definition) is 4. The largest absolute Gasteiger partial charge is 0.348 e. The van der Waals surface area contributed by atoms with Gasteiger partial charge in [-0.2, -0.15) is 0 Å². The highest BCUT2D eigenvalue weighted by molar-refractivity contribution is 7.17. The summed E-state index contributed by atoms with van der Waals surface area (Å²) in [5.41, 5.74) is 1.06. The Morgan fingerprint density at radius 2 is 2.22 bits per heavy atom. The Kier molecular flexibility index (Phi) is 3.37. The van der Waals surface area contributed by atoms with E-state index in [0.29, 0.717) is 12.2 Å². The van der Waals surface area contributed by atoms with Gasteiger partial charge in [0, 0.05) is 19.5 Å². The first-order valence-electron chi connectivity index (χ1n) is 7.05. The highest BCUT2D eigenvalue weighted by atomic mass is 32.1. The molecule has 0 amide bonds. The van der Waals surface area contributed by atoms with Gasteiger partial charge in [-0.25, -0.2) is 4.98 Å². The SMILES string of the molecule is CCCN(CC1CC1)c1nc2c(s1)C(=O)CCC2. The molecule has 1 aromatic rings. The lowest BCUT2D eigenvalue weighted by molar-refractivity contribution is 0.0976. The Balaban J connectivity index is 1.82. The summed E-state index contributed by atoms with van der Waals surface area (Å²) < 4.78 is 0. The van der Waals surface area contributed by atoms with Crippen molar-refractivity contribution in [2.24, 2.45) is 5.92 Å². The molecule has 1 aromatic heterocycles. The van der Waals surface area contributed by atoms with Gasteiger partial charge in [-0.05, 0) is 38.0 Å². The molecule has 2 aliphatic rings. The Bertz CT molecular complexity index is 451. The third-order valence-electron chi connectivity index (χ3n) is 3.70. The molecule has 3 nitrogen and oxygen atoms in total. The molecule has 98 valence electrons. The smallest absolute Gasteiger partial charge is 0.186 e. The number of carbonyl (C=O) groups is 1. The zero-order valence-corrected chi connectivity index (χ0v) is 11.8. The lowest BCUT2D eigenvalue weighted by atomic mass is 10.0. The number of nitrogens with zero attached hydrogens (tertiary/aromatic N) is 2. The number of aromatic nitrogens is 1. The average Bonchev–Trinajstić information content (AvgIpc) is 3.06. The number of Topliss-reactive ketones (excluding diaryl/α,β-unsaturated/α-hetero) is 1. The molecule has 0 radical (unpaired) electrons. The first-order valence-corrected chi connectivity index (χ1v) is 7.87. The molecule has 18 heavy (non-hydrogen) atoms. The normalized spacial score (nSPS) is 18.8. The number of rotatable bonds is 5. The second-order valence-electron chi connectivity index (χ2n) is 5.44. The number of carbonyl (C=O) groups excluding carboxylic acids is 1. The first kappa shape index (κ1) is 12.2. The van der Waals surface area contributed by atoms with Crippen LogP contribution in [0, 0.1) is 5.92 Å². The van der Waals surface area contributed by atoms with E-state index in [-0.39, 0.29) is 0 Å². The highest BCUT2D eigenvalue weighted by Crippen LogP contribution is 2.35. The van der Waals surface area contributed by atoms with E-state index in [0.717, 1.165) is 54.0 Å². The van der Waals surface area contributed by atoms with Crippen LogP contribution < -0.4 is 4.90 Å². The molecule has 0 unspecified atom stereocenters. The highest BCUT2D eigenvalue weighted by Gasteiger charge is 2.28. The molecule has 0 bridgehead atoms. The van der Waals surface area contributed by atoms with Gasteiger partial charge < -0.3 is 4.90 Å². The van der Waals surface area contributed by atoms with Crippen molar-refractivity contribution in [2.45, 2.75) is 45.4 Å². The maximum absolute atomic E-state index is 11.9. The predicted molar refractivity (Wildman–Crippen MR) is 74.6 cm³/mol. The number of fused-ring (bicyclic) bond motifs is 1. The van der Waals surface area contributed by atoms with Crippen molar-refractivity contribution in [3.05, 3.63) is 10.6 Å². The summed E-state index contributed by atoms with van der Waals surface area (Å²) in [7, 11) is 0. The van der Waals surface area contributed by atoms with E-state index in [2.05, 4.69) is 11.8 Å². The summed E-state index contributed by atoms with van der Waals surface area (Å²) in [6.07, 6.45) is 6.55. The van der Waals surface area contributed by atoms with E-state index in [1.54, 1.807) is 11.3 Å². The van der Waals surface area contributed by atoms with Crippen molar-refractivity contribution < 1.29 is 4.79 Å². The predicted octanol–water partition coefficient (Wildman–Crippen LogP) is 3.29. The van der Waals surface area contributed by atoms with Crippen LogP contribution in [0.1, 0.15) is 54.4 Å². The summed E-state index contributed by atoms with van der Waals surface area (Å²) in [4.78, 5) is 19.9. The van der Waals surface area contributed by atoms with Crippen molar-refractivity contribution in [3.63, 3.8) is 0 Å². The molecule has 2 aliphatic carbocycles. The van der Waals surface area contributed by atoms with Gasteiger partial charge in [-0.15, -0.1) is 0 Å². The summed E-state index contributed by atoms with van der Waals surface area (Å²) >= 11 is 1.63. The third kappa shape index (κ3) is 2.44. The van der Waals surface area contributed by atoms with Crippen LogP contribution in [-0.4, -0.2) is 23.9 Å². The van der Waals surface area contributed by atoms with Gasteiger partial charge in [-0.1, -0.05) is 18.3 Å². The fourth-order valence-electron chi connectivity index (χ4n) is 2.54. The van der Waals surface area contributed by atoms with Crippen LogP contribution in [-0.2, 0) is 6.42 Å². The third-order valence-corrected chi connectivity index (χ3v) is 4.90. The number of hydrogen-bond donors (Lipinski definition) is 0. The van der Waals surface area contributed by atoms with Gasteiger partial charge in [0.1, 0.15) is 0 Å². The van der Waals surface area contributed by atoms with Crippen molar-refractivity contribution in [3.8, 4) is 0 Å². The van der Waals surface area contributed by atoms with Crippen LogP contribution in [0.15, 0.2) is 0 Å². The lowest BCUT2D eigenvalue weighted by Crippen LogP contribution is -2.26. The molecule has 4 heteroatoms. The Morgan fingerprint density at radius 3 is 2.89 bits per heavy atom. The Morgan fingerprint density at radius 1 is 1.39 bits per heavy atom. The van der Waals surface area contributed by atoms with E-state index in [4.69, 9.17) is 4.98 Å². The molecular formula is C14H20N2OS. The van der Waals surface area contributed by atoms with Gasteiger partial charge in [-0.3, -0.25) is 4.79 Å². The molecule has 0 aliphatic heterocycles. The summed E-state index contributed by atoms with van der Waals surface area (Å²) in [6, 6.07) is 0. The summed E-state index contributed by atoms with van der Waals surface area (Å²) in [5, 5.41) is 1.09. The van der Waals surface area contributed by atoms with Gasteiger partial charge in [0.05, 0.1) is 10.6 Å². The topological polar surface area (TPSA) is 33.2 Å². The molecule has 1 fully saturated rings. The fraction of sp³-hybridized carbons (Fsp3) is 0.714. The van der Waals surface area contributed by atoms with Crippen molar-refractivity contribution in [2.75, 3.05) is 18.0 Å². The van der Waals surface area contributed by atoms with E-state index in [1.165, 1.54) is 12.8 Å². The second-order valence-corrected chi connectivity index (χ2v) is 6.42. The van der Waals surface area contributed by atoms with Crippen LogP contribution >= 0.6 is 11.3 Å². The summed E-state index contributed by atoms with van der Waals surface area (Å²) in [6.45, 7) is 4.41. The van der Waals surface area contributed by atoms with Crippen molar-refractivity contribution >= 4 is 22.3 Å². The molecule has 1 saturated carbocycles. The van der Waals surface area contributed by atoms with E-state index < -0.39 is 0 Å². The number of ketones is 1. The van der Waals surface area contributed by atoms with Gasteiger partial charge >= 0.3 is 0 Å². The van der Waals surface area contributed by atoms with Crippen LogP contribution in [0.5, 0.6) is 0 Å². The minimum absolute atomic E-state index is 0.308. The van der Waals surface area contributed by atoms with Crippen LogP contribution in [0.25, 0.3) is 0 Å². The minimum atomic E-state index is 0.308. The van der Waals surface area contributed by atoms with Gasteiger partial charge in [0.15, 0.2) is 10.9 Å². The van der Waals surface area contributed by atoms with E-state index in [1.807, 2.05) is 0 Å². The fourth-order valence-corrected chi connectivity index (χ4v) is 3.65. The second kappa shape index (κ2) is 5.00. The standard InChI is InChI=1S/C14H20N2OS/c1-2-8-16(9-10-6-7-10)14-15-11-4-3-5-12(17)13(11)18-14/h10H,2-9H2,1H3. The molecule has 3 rings (SSSR count). The lowest BCUT2D eigenvalue weighted by Gasteiger charge is -2.20. The molecular weight excluding hydrogens is 244 g/mol. The zero-order valence-electron chi connectivity index (χ0n) is 10.9. The minimum Gasteiger partial charge on any atom is -0.348 e. The number of aryl methyl sites for hydroxylation is 1. The summed E-state index contributed by atoms with van der Waals surface area (Å²) in [5.74, 6) is 1.18. The first-order chi connectivity index (χ1) is 8.78. The number of anilines is 1. The van der Waals surface area contributed by atoms with Crippen molar-refractivity contribution in [1.29, 1.82) is 0 Å². The molecule has 0 N–H and O–H groups in total. The molecule has 0 spiro atoms. The van der Waals surface area contributed by atoms with Crippen LogP contribution in [0.4, 0.5) is 5.13 Å². The number of thiazole rings is 1. The van der Waals surface area contributed by atoms with Gasteiger partial charge in [0.2, 0.25) is 0 Å². The molecule has 0 aromatic carbocycles. The van der Waals surface area contributed by atoms with Crippen molar-refractivity contribution in [1.82, 2.24) is 4.98 Å². The van der Waals surface area contributed by atoms with E-state index in [9.17, 15) is 4.79 Å². The maximum Gasteiger partial charge on any atom is 0.186 e. The molecule has 0 atom stereocenters.